The number of piperidine rings is 1. The molecule has 0 unspecified atom stereocenters. The number of nitrogens with one attached hydrogen (secondary N) is 1. The first-order chi connectivity index (χ1) is 11.6. The molecule has 0 aromatic heterocycles. The topological polar surface area (TPSA) is 58.6 Å². The molecular formula is C19H24N2O3. The van der Waals surface area contributed by atoms with E-state index in [9.17, 15) is 9.59 Å². The van der Waals surface area contributed by atoms with Crippen LogP contribution in [0.5, 0.6) is 0 Å². The van der Waals surface area contributed by atoms with Gasteiger partial charge in [-0.25, -0.2) is 4.79 Å². The summed E-state index contributed by atoms with van der Waals surface area (Å²) in [6.45, 7) is 6.34. The Morgan fingerprint density at radius 3 is 2.71 bits per heavy atom. The second-order valence-electron chi connectivity index (χ2n) is 7.33. The molecule has 0 atom stereocenters. The van der Waals surface area contributed by atoms with E-state index in [1.165, 1.54) is 11.1 Å². The van der Waals surface area contributed by atoms with Crippen molar-refractivity contribution in [3.05, 3.63) is 34.4 Å². The lowest BCUT2D eigenvalue weighted by atomic mass is 9.77. The van der Waals surface area contributed by atoms with E-state index in [1.54, 1.807) is 0 Å². The summed E-state index contributed by atoms with van der Waals surface area (Å²) in [4.78, 5) is 26.1. The molecule has 0 radical (unpaired) electrons. The molecule has 1 amide bonds. The predicted molar refractivity (Wildman–Crippen MR) is 89.7 cm³/mol. The van der Waals surface area contributed by atoms with Crippen LogP contribution in [0.1, 0.15) is 46.3 Å². The van der Waals surface area contributed by atoms with Crippen LogP contribution in [0.2, 0.25) is 0 Å². The Balaban J connectivity index is 1.37. The molecule has 0 saturated carbocycles. The quantitative estimate of drug-likeness (QED) is 0.860. The number of ether oxygens (including phenoxy) is 1. The number of cyclic esters (lactones) is 1. The summed E-state index contributed by atoms with van der Waals surface area (Å²) < 4.78 is 5.13. The van der Waals surface area contributed by atoms with E-state index in [4.69, 9.17) is 4.74 Å². The van der Waals surface area contributed by atoms with Gasteiger partial charge in [0.15, 0.2) is 0 Å². The fourth-order valence-corrected chi connectivity index (χ4v) is 4.35. The number of nitrogens with zero attached hydrogens (tertiary/aromatic N) is 1. The van der Waals surface area contributed by atoms with Crippen LogP contribution in [0, 0.1) is 12.3 Å². The molecule has 4 rings (SSSR count). The predicted octanol–water partition coefficient (Wildman–Crippen LogP) is 1.81. The summed E-state index contributed by atoms with van der Waals surface area (Å²) >= 11 is 0. The Hall–Kier alpha value is -1.88. The number of benzene rings is 1. The van der Waals surface area contributed by atoms with Gasteiger partial charge in [-0.05, 0) is 62.9 Å². The highest BCUT2D eigenvalue weighted by Gasteiger charge is 2.44. The zero-order valence-corrected chi connectivity index (χ0v) is 14.2. The summed E-state index contributed by atoms with van der Waals surface area (Å²) in [6.07, 6.45) is 3.93. The van der Waals surface area contributed by atoms with Crippen LogP contribution >= 0.6 is 0 Å². The van der Waals surface area contributed by atoms with Crippen LogP contribution in [0.4, 0.5) is 0 Å². The molecule has 2 fully saturated rings. The van der Waals surface area contributed by atoms with Crippen LogP contribution in [0.25, 0.3) is 0 Å². The van der Waals surface area contributed by atoms with Crippen molar-refractivity contribution in [2.24, 2.45) is 5.41 Å². The molecule has 128 valence electrons. The number of esters is 1. The van der Waals surface area contributed by atoms with E-state index in [0.717, 1.165) is 63.0 Å². The Bertz CT molecular complexity index is 690. The van der Waals surface area contributed by atoms with Crippen LogP contribution in [0.15, 0.2) is 12.1 Å². The number of rotatable bonds is 3. The molecule has 5 nitrogen and oxygen atoms in total. The van der Waals surface area contributed by atoms with Crippen molar-refractivity contribution in [2.75, 3.05) is 26.2 Å². The van der Waals surface area contributed by atoms with Crippen molar-refractivity contribution < 1.29 is 14.3 Å². The van der Waals surface area contributed by atoms with Crippen molar-refractivity contribution in [2.45, 2.75) is 39.2 Å². The molecule has 0 bridgehead atoms. The average Bonchev–Trinajstić information content (AvgIpc) is 3.13. The highest BCUT2D eigenvalue weighted by Crippen LogP contribution is 2.38. The van der Waals surface area contributed by atoms with Gasteiger partial charge in [0.1, 0.15) is 6.61 Å². The van der Waals surface area contributed by atoms with Crippen molar-refractivity contribution in [1.29, 1.82) is 0 Å². The van der Waals surface area contributed by atoms with Crippen LogP contribution < -0.4 is 5.32 Å². The number of amides is 1. The zero-order valence-electron chi connectivity index (χ0n) is 14.2. The van der Waals surface area contributed by atoms with Gasteiger partial charge in [-0.3, -0.25) is 4.79 Å². The van der Waals surface area contributed by atoms with Gasteiger partial charge in [-0.1, -0.05) is 6.07 Å². The second-order valence-corrected chi connectivity index (χ2v) is 7.33. The number of hydrogen-bond acceptors (Lipinski definition) is 4. The molecule has 0 aliphatic carbocycles. The first-order valence-electron chi connectivity index (χ1n) is 8.88. The largest absolute Gasteiger partial charge is 0.457 e. The van der Waals surface area contributed by atoms with Gasteiger partial charge >= 0.3 is 5.97 Å². The maximum Gasteiger partial charge on any atom is 0.338 e. The first-order valence-corrected chi connectivity index (χ1v) is 8.88. The third-order valence-electron chi connectivity index (χ3n) is 6.16. The van der Waals surface area contributed by atoms with Crippen LogP contribution in [-0.4, -0.2) is 43.0 Å². The lowest BCUT2D eigenvalue weighted by molar-refractivity contribution is -0.130. The third kappa shape index (κ3) is 2.51. The Labute approximate surface area is 142 Å². The number of carbonyl (C=O) groups excluding carboxylic acids is 2. The van der Waals surface area contributed by atoms with Crippen molar-refractivity contribution >= 4 is 11.9 Å². The number of hydrogen-bond donors (Lipinski definition) is 1. The molecule has 3 aliphatic rings. The molecule has 1 spiro atoms. The summed E-state index contributed by atoms with van der Waals surface area (Å²) in [5, 5.41) is 2.99. The average molecular weight is 328 g/mol. The van der Waals surface area contributed by atoms with Gasteiger partial charge in [0.25, 0.3) is 0 Å². The Morgan fingerprint density at radius 1 is 1.21 bits per heavy atom. The first kappa shape index (κ1) is 15.6. The number of fused-ring (bicyclic) bond motifs is 1. The fraction of sp³-hybridized carbons (Fsp3) is 0.579. The Kier molecular flexibility index (Phi) is 3.83. The number of carbonyl (C=O) groups is 2. The van der Waals surface area contributed by atoms with Crippen LogP contribution in [-0.2, 0) is 22.6 Å². The maximum absolute atomic E-state index is 12.0. The highest BCUT2D eigenvalue weighted by molar-refractivity contribution is 5.93. The van der Waals surface area contributed by atoms with Crippen molar-refractivity contribution in [1.82, 2.24) is 10.2 Å². The molecule has 24 heavy (non-hydrogen) atoms. The van der Waals surface area contributed by atoms with E-state index in [2.05, 4.69) is 23.2 Å². The summed E-state index contributed by atoms with van der Waals surface area (Å²) in [5.41, 5.74) is 4.19. The molecule has 1 aromatic rings. The molecule has 5 heteroatoms. The minimum atomic E-state index is -0.198. The molecule has 3 aliphatic heterocycles. The minimum absolute atomic E-state index is 0.0856. The van der Waals surface area contributed by atoms with Crippen molar-refractivity contribution in [3.8, 4) is 0 Å². The van der Waals surface area contributed by atoms with Gasteiger partial charge in [-0.2, -0.15) is 0 Å². The molecule has 1 aromatic carbocycles. The lowest BCUT2D eigenvalue weighted by Crippen LogP contribution is -2.44. The van der Waals surface area contributed by atoms with Crippen molar-refractivity contribution in [3.63, 3.8) is 0 Å². The maximum atomic E-state index is 12.0. The van der Waals surface area contributed by atoms with Crippen LogP contribution in [0.3, 0.4) is 0 Å². The fourth-order valence-electron chi connectivity index (χ4n) is 4.35. The molecule has 3 heterocycles. The third-order valence-corrected chi connectivity index (χ3v) is 6.16. The molecule has 2 saturated heterocycles. The number of likely N-dealkylation sites (tertiary alicyclic amines) is 1. The molecular weight excluding hydrogens is 304 g/mol. The standard InChI is InChI=1S/C19H24N2O3/c1-13-14(2-3-15-16(13)12-24-17(15)22)4-9-21-10-6-19(7-11-21)5-8-20-18(19)23/h2-3H,4-12H2,1H3,(H,20,23). The normalized spacial score (nSPS) is 22.5. The highest BCUT2D eigenvalue weighted by atomic mass is 16.5. The Morgan fingerprint density at radius 2 is 2.00 bits per heavy atom. The van der Waals surface area contributed by atoms with Gasteiger partial charge < -0.3 is 15.0 Å². The molecule has 1 N–H and O–H groups in total. The van der Waals surface area contributed by atoms with Gasteiger partial charge in [0.05, 0.1) is 11.0 Å². The summed E-state index contributed by atoms with van der Waals surface area (Å²) in [6, 6.07) is 3.97. The van der Waals surface area contributed by atoms with E-state index in [0.29, 0.717) is 6.61 Å². The summed E-state index contributed by atoms with van der Waals surface area (Å²) in [5.74, 6) is 0.0668. The van der Waals surface area contributed by atoms with E-state index >= 15 is 0 Å². The smallest absolute Gasteiger partial charge is 0.338 e. The van der Waals surface area contributed by atoms with Gasteiger partial charge in [-0.15, -0.1) is 0 Å². The van der Waals surface area contributed by atoms with E-state index < -0.39 is 0 Å². The zero-order chi connectivity index (χ0) is 16.7. The summed E-state index contributed by atoms with van der Waals surface area (Å²) in [7, 11) is 0. The van der Waals surface area contributed by atoms with E-state index in [-0.39, 0.29) is 17.3 Å². The van der Waals surface area contributed by atoms with E-state index in [1.807, 2.05) is 6.07 Å². The second kappa shape index (κ2) is 5.88. The van der Waals surface area contributed by atoms with Gasteiger partial charge in [0.2, 0.25) is 5.91 Å². The lowest BCUT2D eigenvalue weighted by Gasteiger charge is -2.37. The van der Waals surface area contributed by atoms with Gasteiger partial charge in [0, 0.05) is 18.7 Å². The SMILES string of the molecule is Cc1c(CCN2CCC3(CCNC3=O)CC2)ccc2c1COC2=O. The monoisotopic (exact) mass is 328 g/mol. The minimum Gasteiger partial charge on any atom is -0.457 e.